The summed E-state index contributed by atoms with van der Waals surface area (Å²) >= 11 is 2.77. The van der Waals surface area contributed by atoms with Gasteiger partial charge in [0.15, 0.2) is 5.13 Å². The number of hydrogen-bond acceptors (Lipinski definition) is 6. The van der Waals surface area contributed by atoms with Crippen LogP contribution in [0.5, 0.6) is 0 Å². The van der Waals surface area contributed by atoms with Gasteiger partial charge in [0.25, 0.3) is 5.91 Å². The van der Waals surface area contributed by atoms with Crippen molar-refractivity contribution >= 4 is 61.3 Å². The van der Waals surface area contributed by atoms with Crippen LogP contribution in [0.15, 0.2) is 72.8 Å². The van der Waals surface area contributed by atoms with E-state index in [2.05, 4.69) is 40.0 Å². The lowest BCUT2D eigenvalue weighted by Crippen LogP contribution is -2.19. The average molecular weight is 500 g/mol. The third-order valence-corrected chi connectivity index (χ3v) is 7.33. The highest BCUT2D eigenvalue weighted by Gasteiger charge is 2.17. The predicted octanol–water partition coefficient (Wildman–Crippen LogP) is 6.93. The van der Waals surface area contributed by atoms with Crippen molar-refractivity contribution in [3.63, 3.8) is 0 Å². The lowest BCUT2D eigenvalue weighted by atomic mass is 10.2. The molecule has 0 radical (unpaired) electrons. The SMILES string of the molecule is Cc1ccc2nc(-c3ccc(NC(=O)c4sc(NC(=O)Nc5ccccc5)nc4C)cc3)sc2c1. The number of carbonyl (C=O) groups is 2. The van der Waals surface area contributed by atoms with E-state index in [0.717, 1.165) is 32.1 Å². The molecule has 5 rings (SSSR count). The number of carbonyl (C=O) groups excluding carboxylic acids is 2. The van der Waals surface area contributed by atoms with Crippen LogP contribution in [-0.2, 0) is 0 Å². The summed E-state index contributed by atoms with van der Waals surface area (Å²) in [4.78, 5) is 34.5. The Morgan fingerprint density at radius 2 is 1.51 bits per heavy atom. The second-order valence-electron chi connectivity index (χ2n) is 7.90. The van der Waals surface area contributed by atoms with Crippen molar-refractivity contribution in [2.45, 2.75) is 13.8 Å². The van der Waals surface area contributed by atoms with Crippen LogP contribution < -0.4 is 16.0 Å². The van der Waals surface area contributed by atoms with Crippen molar-refractivity contribution in [3.05, 3.63) is 88.9 Å². The summed E-state index contributed by atoms with van der Waals surface area (Å²) in [6.45, 7) is 3.81. The van der Waals surface area contributed by atoms with E-state index in [1.807, 2.05) is 48.5 Å². The predicted molar refractivity (Wildman–Crippen MR) is 144 cm³/mol. The van der Waals surface area contributed by atoms with Crippen LogP contribution in [0.4, 0.5) is 21.3 Å². The normalized spacial score (nSPS) is 10.8. The monoisotopic (exact) mass is 499 g/mol. The Balaban J connectivity index is 1.24. The topological polar surface area (TPSA) is 96.0 Å². The molecule has 35 heavy (non-hydrogen) atoms. The van der Waals surface area contributed by atoms with Gasteiger partial charge in [-0.05, 0) is 67.9 Å². The summed E-state index contributed by atoms with van der Waals surface area (Å²) in [5.74, 6) is -0.278. The number of nitrogens with zero attached hydrogens (tertiary/aromatic N) is 2. The first-order valence-corrected chi connectivity index (χ1v) is 12.5. The van der Waals surface area contributed by atoms with Gasteiger partial charge in [0.05, 0.1) is 15.9 Å². The zero-order chi connectivity index (χ0) is 24.4. The summed E-state index contributed by atoms with van der Waals surface area (Å²) in [5.41, 5.74) is 5.06. The van der Waals surface area contributed by atoms with Crippen LogP contribution in [0.1, 0.15) is 20.9 Å². The average Bonchev–Trinajstić information content (AvgIpc) is 3.42. The number of rotatable bonds is 5. The second kappa shape index (κ2) is 9.65. The minimum Gasteiger partial charge on any atom is -0.321 e. The zero-order valence-corrected chi connectivity index (χ0v) is 20.6. The molecule has 0 bridgehead atoms. The highest BCUT2D eigenvalue weighted by atomic mass is 32.1. The van der Waals surface area contributed by atoms with Crippen LogP contribution in [-0.4, -0.2) is 21.9 Å². The zero-order valence-electron chi connectivity index (χ0n) is 19.0. The van der Waals surface area contributed by atoms with E-state index < -0.39 is 6.03 Å². The van der Waals surface area contributed by atoms with Gasteiger partial charge >= 0.3 is 6.03 Å². The first-order valence-electron chi connectivity index (χ1n) is 10.8. The third kappa shape index (κ3) is 5.21. The number of hydrogen-bond donors (Lipinski definition) is 3. The third-order valence-electron chi connectivity index (χ3n) is 5.19. The lowest BCUT2D eigenvalue weighted by molar-refractivity contribution is 0.103. The first-order chi connectivity index (χ1) is 16.9. The molecule has 2 aromatic heterocycles. The quantitative estimate of drug-likeness (QED) is 0.244. The van der Waals surface area contributed by atoms with Gasteiger partial charge in [-0.3, -0.25) is 10.1 Å². The molecule has 0 fully saturated rings. The van der Waals surface area contributed by atoms with Crippen molar-refractivity contribution in [1.29, 1.82) is 0 Å². The van der Waals surface area contributed by atoms with Crippen molar-refractivity contribution in [1.82, 2.24) is 9.97 Å². The Bertz CT molecular complexity index is 1520. The summed E-state index contributed by atoms with van der Waals surface area (Å²) in [6.07, 6.45) is 0. The molecule has 174 valence electrons. The van der Waals surface area contributed by atoms with E-state index in [0.29, 0.717) is 27.1 Å². The molecule has 0 saturated carbocycles. The van der Waals surface area contributed by atoms with Gasteiger partial charge in [-0.1, -0.05) is 35.6 Å². The van der Waals surface area contributed by atoms with Crippen LogP contribution in [0, 0.1) is 13.8 Å². The number of benzene rings is 3. The molecule has 9 heteroatoms. The van der Waals surface area contributed by atoms with Crippen molar-refractivity contribution in [2.75, 3.05) is 16.0 Å². The number of nitrogens with one attached hydrogen (secondary N) is 3. The maximum atomic E-state index is 12.8. The molecule has 3 aromatic carbocycles. The number of anilines is 3. The molecular formula is C26H21N5O2S2. The van der Waals surface area contributed by atoms with E-state index in [1.54, 1.807) is 30.4 Å². The van der Waals surface area contributed by atoms with Gasteiger partial charge < -0.3 is 10.6 Å². The fourth-order valence-electron chi connectivity index (χ4n) is 3.48. The molecule has 7 nitrogen and oxygen atoms in total. The Kier molecular flexibility index (Phi) is 6.26. The maximum absolute atomic E-state index is 12.8. The molecule has 0 unspecified atom stereocenters. The highest BCUT2D eigenvalue weighted by Crippen LogP contribution is 2.31. The molecule has 2 heterocycles. The Labute approximate surface area is 209 Å². The van der Waals surface area contributed by atoms with E-state index >= 15 is 0 Å². The smallest absolute Gasteiger partial charge is 0.321 e. The molecule has 0 aliphatic carbocycles. The number of thiazole rings is 2. The summed E-state index contributed by atoms with van der Waals surface area (Å²) in [5, 5.41) is 9.60. The molecule has 0 aliphatic heterocycles. The number of fused-ring (bicyclic) bond motifs is 1. The van der Waals surface area contributed by atoms with Gasteiger partial charge in [0.2, 0.25) is 0 Å². The molecule has 0 aliphatic rings. The first kappa shape index (κ1) is 22.7. The van der Waals surface area contributed by atoms with E-state index in [-0.39, 0.29) is 5.91 Å². The van der Waals surface area contributed by atoms with Gasteiger partial charge in [0, 0.05) is 16.9 Å². The Hall–Kier alpha value is -4.08. The standard InChI is InChI=1S/C26H21N5O2S2/c1-15-8-13-20-21(14-15)34-24(30-20)17-9-11-19(12-10-17)28-23(32)22-16(2)27-26(35-22)31-25(33)29-18-6-4-3-5-7-18/h3-14H,1-2H3,(H,28,32)(H2,27,29,31,33). The Morgan fingerprint density at radius 3 is 2.29 bits per heavy atom. The number of amides is 3. The highest BCUT2D eigenvalue weighted by molar-refractivity contribution is 7.21. The van der Waals surface area contributed by atoms with Gasteiger partial charge in [-0.2, -0.15) is 0 Å². The van der Waals surface area contributed by atoms with Crippen LogP contribution in [0.3, 0.4) is 0 Å². The van der Waals surface area contributed by atoms with Crippen molar-refractivity contribution in [3.8, 4) is 10.6 Å². The molecule has 0 saturated heterocycles. The number of aromatic nitrogens is 2. The van der Waals surface area contributed by atoms with Crippen LogP contribution >= 0.6 is 22.7 Å². The second-order valence-corrected chi connectivity index (χ2v) is 9.93. The Morgan fingerprint density at radius 1 is 0.771 bits per heavy atom. The van der Waals surface area contributed by atoms with Crippen LogP contribution in [0.25, 0.3) is 20.8 Å². The maximum Gasteiger partial charge on any atom is 0.325 e. The number of aryl methyl sites for hydroxylation is 2. The molecule has 3 N–H and O–H groups in total. The van der Waals surface area contributed by atoms with Crippen LogP contribution in [0.2, 0.25) is 0 Å². The fourth-order valence-corrected chi connectivity index (χ4v) is 5.41. The number of para-hydroxylation sites is 1. The minimum absolute atomic E-state index is 0.278. The minimum atomic E-state index is -0.419. The van der Waals surface area contributed by atoms with E-state index in [4.69, 9.17) is 4.98 Å². The largest absolute Gasteiger partial charge is 0.325 e. The summed E-state index contributed by atoms with van der Waals surface area (Å²) in [7, 11) is 0. The molecule has 0 atom stereocenters. The summed E-state index contributed by atoms with van der Waals surface area (Å²) < 4.78 is 1.15. The van der Waals surface area contributed by atoms with E-state index in [9.17, 15) is 9.59 Å². The van der Waals surface area contributed by atoms with E-state index in [1.165, 1.54) is 5.56 Å². The van der Waals surface area contributed by atoms with Crippen molar-refractivity contribution in [2.24, 2.45) is 0 Å². The number of urea groups is 1. The van der Waals surface area contributed by atoms with Gasteiger partial charge in [-0.25, -0.2) is 14.8 Å². The summed E-state index contributed by atoms with van der Waals surface area (Å²) in [6, 6.07) is 22.5. The molecule has 5 aromatic rings. The fraction of sp³-hybridized carbons (Fsp3) is 0.0769. The van der Waals surface area contributed by atoms with Crippen molar-refractivity contribution < 1.29 is 9.59 Å². The molecular weight excluding hydrogens is 478 g/mol. The lowest BCUT2D eigenvalue weighted by Gasteiger charge is -2.05. The molecule has 0 spiro atoms. The van der Waals surface area contributed by atoms with Gasteiger partial charge in [-0.15, -0.1) is 11.3 Å². The van der Waals surface area contributed by atoms with Gasteiger partial charge in [0.1, 0.15) is 9.88 Å². The molecule has 3 amide bonds.